The molecule has 6 aliphatic rings. The Balaban J connectivity index is 0.0000000984. The highest BCUT2D eigenvalue weighted by Gasteiger charge is 2.39. The van der Waals surface area contributed by atoms with Crippen molar-refractivity contribution in [1.29, 1.82) is 0 Å². The van der Waals surface area contributed by atoms with Gasteiger partial charge in [0, 0.05) is 242 Å². The van der Waals surface area contributed by atoms with Crippen LogP contribution in [0.4, 0.5) is 0 Å². The first kappa shape index (κ1) is 91.8. The van der Waals surface area contributed by atoms with E-state index in [1.54, 1.807) is 6.20 Å². The number of H-pyrrole nitrogens is 6. The van der Waals surface area contributed by atoms with E-state index in [1.807, 2.05) is 96.3 Å². The van der Waals surface area contributed by atoms with Gasteiger partial charge in [-0.05, 0) is 244 Å². The minimum absolute atomic E-state index is 0.0304. The van der Waals surface area contributed by atoms with Gasteiger partial charge in [0.25, 0.3) is 0 Å². The molecule has 0 aliphatic carbocycles. The first-order valence-electron chi connectivity index (χ1n) is 47.8. The van der Waals surface area contributed by atoms with Crippen LogP contribution in [0.2, 0.25) is 30.1 Å². The minimum atomic E-state index is -0.0304. The van der Waals surface area contributed by atoms with Gasteiger partial charge in [-0.2, -0.15) is 0 Å². The van der Waals surface area contributed by atoms with Crippen LogP contribution in [-0.2, 0) is 58.3 Å². The summed E-state index contributed by atoms with van der Waals surface area (Å²) in [6.07, 6.45) is 18.4. The maximum absolute atomic E-state index is 6.80. The predicted octanol–water partition coefficient (Wildman–Crippen LogP) is 28.5. The van der Waals surface area contributed by atoms with E-state index < -0.39 is 0 Å². The molecule has 9 aromatic heterocycles. The molecule has 7 N–H and O–H groups in total. The van der Waals surface area contributed by atoms with Gasteiger partial charge in [-0.1, -0.05) is 231 Å². The van der Waals surface area contributed by atoms with Crippen LogP contribution in [0.3, 0.4) is 0 Å². The zero-order chi connectivity index (χ0) is 95.1. The van der Waals surface area contributed by atoms with Crippen LogP contribution >= 0.6 is 85.5 Å². The van der Waals surface area contributed by atoms with Gasteiger partial charge in [0.2, 0.25) is 6.79 Å². The highest BCUT2D eigenvalue weighted by Crippen LogP contribution is 2.50. The molecule has 27 rings (SSSR count). The van der Waals surface area contributed by atoms with Crippen molar-refractivity contribution in [2.75, 3.05) is 39.5 Å². The second kappa shape index (κ2) is 40.6. The predicted molar refractivity (Wildman–Crippen MR) is 575 cm³/mol. The molecule has 702 valence electrons. The fraction of sp³-hybridized carbons (Fsp3) is 0.171. The largest absolute Gasteiger partial charge is 0.454 e. The molecular formula is C117H98BrCl6N15O2. The average Bonchev–Trinajstić information content (AvgIpc) is 1.55. The molecule has 0 amide bonds. The van der Waals surface area contributed by atoms with E-state index in [1.165, 1.54) is 128 Å². The molecule has 5 atom stereocenters. The number of benzene rings is 12. The highest BCUT2D eigenvalue weighted by atomic mass is 79.9. The Labute approximate surface area is 854 Å². The number of hydrogen-bond donors (Lipinski definition) is 7. The first-order valence-corrected chi connectivity index (χ1v) is 50.9. The van der Waals surface area contributed by atoms with E-state index in [2.05, 4.69) is 324 Å². The lowest BCUT2D eigenvalue weighted by Crippen LogP contribution is -2.36. The van der Waals surface area contributed by atoms with Crippen molar-refractivity contribution >= 4 is 151 Å². The van der Waals surface area contributed by atoms with Crippen molar-refractivity contribution in [1.82, 2.24) is 74.3 Å². The summed E-state index contributed by atoms with van der Waals surface area (Å²) in [5, 5.41) is 15.6. The van der Waals surface area contributed by atoms with Crippen molar-refractivity contribution < 1.29 is 9.47 Å². The summed E-state index contributed by atoms with van der Waals surface area (Å²) in [5.41, 5.74) is 32.1. The Morgan fingerprint density at radius 2 is 0.773 bits per heavy atom. The summed E-state index contributed by atoms with van der Waals surface area (Å²) >= 11 is 41.9. The number of ether oxygens (including phenoxy) is 2. The standard InChI is InChI=1S/C26H21BrClN3.C25H20Cl2N2O2.2C23H20ClN3.C20H17ClN4/c27-17-6-8-23-20(12-17)22(14-29-23)26-25-19(21-13-18(28)7-9-24(21)30-25)10-11-31(26)15-16-4-2-1-3-5-16;26-16-6-7-21-18(10-16)17-8-9-29(13-15-4-2-1-3-5-15)25(24(17)28-21)19-11-22-23(12-20(19)27)31-14-30-22;24-17-9-10-20-19(14-17)18-11-13-27(15-16-6-2-1-3-7-16)23(22(18)26-20)21-8-4-5-12-25-21;24-18-8-9-21-20(13-18)19-10-12-27(15-16-5-2-1-3-6-16)23(22(19)26-21)17-7-4-11-25-14-17;21-14-3-6-18-17(11-14)16-7-8-23-19(20(16)24-18)13-1-4-15(5-2-13)25-10-9-22-12-25/h1-9,12-14,26,29-30H,10-11,15H2;1-7,10-12,25,28H,8-9,13-14H2;1-10,12,14,23,26H,11,13,15H2;1-9,11,13-14,23,26H,10,12,15H2;1-6,9-12,19,23-24H,7-8H2. The number of nitrogens with one attached hydrogen (secondary N) is 7. The molecule has 0 saturated heterocycles. The fourth-order valence-corrected chi connectivity index (χ4v) is 23.4. The molecule has 0 saturated carbocycles. The second-order valence-corrected chi connectivity index (χ2v) is 40.4. The number of halogens is 7. The molecule has 15 heterocycles. The van der Waals surface area contributed by atoms with E-state index in [0.717, 1.165) is 176 Å². The van der Waals surface area contributed by atoms with E-state index in [4.69, 9.17) is 84.1 Å². The molecule has 0 fully saturated rings. The van der Waals surface area contributed by atoms with Gasteiger partial charge >= 0.3 is 0 Å². The van der Waals surface area contributed by atoms with Crippen LogP contribution in [0.15, 0.2) is 345 Å². The summed E-state index contributed by atoms with van der Waals surface area (Å²) < 4.78 is 14.3. The Hall–Kier alpha value is -13.0. The topological polar surface area (TPSA) is 182 Å². The molecule has 0 spiro atoms. The van der Waals surface area contributed by atoms with Crippen LogP contribution in [0.1, 0.15) is 137 Å². The summed E-state index contributed by atoms with van der Waals surface area (Å²) in [5.74, 6) is 1.44. The number of fused-ring (bicyclic) bond motifs is 17. The Morgan fingerprint density at radius 3 is 1.23 bits per heavy atom. The Kier molecular flexibility index (Phi) is 26.4. The SMILES string of the molecule is Clc1ccc2[nH]c3c(c2c1)CCN(Cc1ccccc1)C3c1c[nH]c2ccc(Br)cc12.Clc1ccc2[nH]c3c(c2c1)CCN(Cc1ccccc1)C3c1cc2c(cc1Cl)OCO2.Clc1ccc2[nH]c3c(c2c1)CCN(Cc1ccccc1)C3c1ccccn1.Clc1ccc2[nH]c3c(c2c1)CCN(Cc1ccccc1)C3c1cccnc1.Clc1ccc2[nH]c3c(c2c1)CCNC3c1ccc(-n2ccnc2)cc1. The van der Waals surface area contributed by atoms with Crippen molar-refractivity contribution in [3.05, 3.63) is 482 Å². The van der Waals surface area contributed by atoms with E-state index in [-0.39, 0.29) is 37.0 Å². The van der Waals surface area contributed by atoms with Crippen LogP contribution in [-0.4, -0.2) is 109 Å². The highest BCUT2D eigenvalue weighted by molar-refractivity contribution is 9.10. The van der Waals surface area contributed by atoms with Crippen LogP contribution in [0, 0.1) is 0 Å². The lowest BCUT2D eigenvalue weighted by molar-refractivity contribution is 0.173. The lowest BCUT2D eigenvalue weighted by Gasteiger charge is -2.36. The number of aromatic amines is 6. The van der Waals surface area contributed by atoms with Crippen molar-refractivity contribution in [3.8, 4) is 17.2 Å². The summed E-state index contributed by atoms with van der Waals surface area (Å²) in [7, 11) is 0. The molecule has 141 heavy (non-hydrogen) atoms. The summed E-state index contributed by atoms with van der Waals surface area (Å²) in [4.78, 5) is 45.1. The number of imidazole rings is 1. The third-order valence-corrected chi connectivity index (χ3v) is 30.3. The summed E-state index contributed by atoms with van der Waals surface area (Å²) in [6.45, 7) is 8.62. The first-order chi connectivity index (χ1) is 69.2. The zero-order valence-corrected chi connectivity index (χ0v) is 83.0. The van der Waals surface area contributed by atoms with Gasteiger partial charge in [0.15, 0.2) is 11.5 Å². The number of nitrogens with zero attached hydrogens (tertiary/aromatic N) is 8. The molecule has 6 aliphatic heterocycles. The summed E-state index contributed by atoms with van der Waals surface area (Å²) in [6, 6.07) is 103. The smallest absolute Gasteiger partial charge is 0.231 e. The van der Waals surface area contributed by atoms with Gasteiger partial charge in [-0.15, -0.1) is 0 Å². The van der Waals surface area contributed by atoms with Crippen molar-refractivity contribution in [2.24, 2.45) is 0 Å². The van der Waals surface area contributed by atoms with E-state index >= 15 is 0 Å². The quantitative estimate of drug-likeness (QED) is 0.0553. The maximum Gasteiger partial charge on any atom is 0.231 e. The van der Waals surface area contributed by atoms with Crippen molar-refractivity contribution in [2.45, 2.75) is 88.5 Å². The zero-order valence-electron chi connectivity index (χ0n) is 76.9. The van der Waals surface area contributed by atoms with E-state index in [0.29, 0.717) is 10.8 Å². The van der Waals surface area contributed by atoms with E-state index in [9.17, 15) is 0 Å². The number of pyridine rings is 2. The van der Waals surface area contributed by atoms with Crippen LogP contribution < -0.4 is 14.8 Å². The molecule has 24 heteroatoms. The van der Waals surface area contributed by atoms with Gasteiger partial charge in [-0.25, -0.2) is 4.98 Å². The maximum atomic E-state index is 6.80. The molecular weight excluding hydrogens is 1940 g/mol. The third kappa shape index (κ3) is 19.0. The van der Waals surface area contributed by atoms with Crippen molar-refractivity contribution in [3.63, 3.8) is 0 Å². The number of hydrogen-bond acceptors (Lipinski definition) is 10. The van der Waals surface area contributed by atoms with Gasteiger partial charge < -0.3 is 49.3 Å². The van der Waals surface area contributed by atoms with Gasteiger partial charge in [-0.3, -0.25) is 29.6 Å². The molecule has 21 aromatic rings. The number of rotatable bonds is 14. The molecule has 5 unspecified atom stereocenters. The Morgan fingerprint density at radius 1 is 0.348 bits per heavy atom. The van der Waals surface area contributed by atoms with Gasteiger partial charge in [0.1, 0.15) is 0 Å². The monoisotopic (exact) mass is 2030 g/mol. The third-order valence-electron chi connectivity index (χ3n) is 28.3. The van der Waals surface area contributed by atoms with Crippen LogP contribution in [0.25, 0.3) is 71.1 Å². The normalized spacial score (nSPS) is 17.2. The Bertz CT molecular complexity index is 7880. The van der Waals surface area contributed by atoms with Gasteiger partial charge in [0.05, 0.1) is 42.2 Å². The number of aromatic nitrogens is 10. The fourth-order valence-electron chi connectivity index (χ4n) is 21.9. The lowest BCUT2D eigenvalue weighted by atomic mass is 9.91. The molecule has 0 radical (unpaired) electrons. The molecule has 12 aromatic carbocycles. The molecule has 0 bridgehead atoms. The van der Waals surface area contributed by atoms with Crippen LogP contribution in [0.5, 0.6) is 11.5 Å². The minimum Gasteiger partial charge on any atom is -0.454 e. The second-order valence-electron chi connectivity index (χ2n) is 36.9. The molecule has 17 nitrogen and oxygen atoms in total. The average molecular weight is 2040 g/mol.